The quantitative estimate of drug-likeness (QED) is 0.730. The van der Waals surface area contributed by atoms with Gasteiger partial charge in [0.15, 0.2) is 0 Å². The Bertz CT molecular complexity index is 415. The van der Waals surface area contributed by atoms with Gasteiger partial charge in [-0.1, -0.05) is 50.0 Å². The lowest BCUT2D eigenvalue weighted by Gasteiger charge is -2.36. The molecule has 0 aromatic heterocycles. The number of rotatable bonds is 3. The number of sulfonamides is 1. The van der Waals surface area contributed by atoms with Crippen LogP contribution in [0.5, 0.6) is 0 Å². The van der Waals surface area contributed by atoms with Crippen molar-refractivity contribution >= 4 is 10.0 Å². The number of nitrogens with zero attached hydrogens (tertiary/aromatic N) is 1. The molecule has 4 heteroatoms. The van der Waals surface area contributed by atoms with Crippen LogP contribution >= 0.6 is 0 Å². The van der Waals surface area contributed by atoms with Crippen molar-refractivity contribution in [2.45, 2.75) is 82.7 Å². The Morgan fingerprint density at radius 1 is 1.05 bits per heavy atom. The molecule has 2 unspecified atom stereocenters. The molecule has 1 aliphatic rings. The lowest BCUT2D eigenvalue weighted by Crippen LogP contribution is -2.48. The maximum atomic E-state index is 12.0. The van der Waals surface area contributed by atoms with Crippen molar-refractivity contribution in [1.29, 1.82) is 0 Å². The predicted molar refractivity (Wildman–Crippen MR) is 97.2 cm³/mol. The molecular weight excluding hydrogens is 282 g/mol. The van der Waals surface area contributed by atoms with Crippen molar-refractivity contribution in [3.63, 3.8) is 0 Å². The zero-order valence-electron chi connectivity index (χ0n) is 13.2. The second-order valence-electron chi connectivity index (χ2n) is 8.22. The topological polar surface area (TPSA) is 37.4 Å². The van der Waals surface area contributed by atoms with Gasteiger partial charge in [0, 0.05) is 12.1 Å². The molecule has 3 nitrogen and oxygen atoms in total. The van der Waals surface area contributed by atoms with Crippen molar-refractivity contribution in [3.05, 3.63) is 0 Å². The summed E-state index contributed by atoms with van der Waals surface area (Å²) in [4.78, 5) is 0. The van der Waals surface area contributed by atoms with Crippen LogP contribution in [0.2, 0.25) is 0 Å². The van der Waals surface area contributed by atoms with Crippen molar-refractivity contribution in [3.8, 4) is 0 Å². The van der Waals surface area contributed by atoms with Gasteiger partial charge < -0.3 is 0 Å². The van der Waals surface area contributed by atoms with E-state index in [4.69, 9.17) is 0 Å². The van der Waals surface area contributed by atoms with Crippen LogP contribution in [0.1, 0.15) is 77.2 Å². The van der Waals surface area contributed by atoms with Gasteiger partial charge in [0.2, 0.25) is 10.0 Å². The molecule has 0 radical (unpaired) electrons. The Morgan fingerprint density at radius 3 is 1.62 bits per heavy atom. The lowest BCUT2D eigenvalue weighted by atomic mass is 9.85. The van der Waals surface area contributed by atoms with Gasteiger partial charge in [0.05, 0.1) is 6.26 Å². The zero-order valence-corrected chi connectivity index (χ0v) is 14.0. The first-order valence-corrected chi connectivity index (χ1v) is 8.51. The lowest BCUT2D eigenvalue weighted by molar-refractivity contribution is 0.188. The van der Waals surface area contributed by atoms with E-state index in [0.717, 1.165) is 6.42 Å². The molecule has 0 aromatic rings. The molecule has 0 aromatic carbocycles. The third-order valence-corrected chi connectivity index (χ3v) is 5.53. The van der Waals surface area contributed by atoms with E-state index in [9.17, 15) is 8.42 Å². The fraction of sp³-hybridized carbons (Fsp3) is 1.00. The van der Waals surface area contributed by atoms with Crippen LogP contribution in [0.3, 0.4) is 0 Å². The van der Waals surface area contributed by atoms with Gasteiger partial charge in [-0.2, -0.15) is 4.31 Å². The summed E-state index contributed by atoms with van der Waals surface area (Å²) in [7, 11) is -3.15. The summed E-state index contributed by atoms with van der Waals surface area (Å²) in [5, 5.41) is 0. The van der Waals surface area contributed by atoms with E-state index >= 15 is 0 Å². The van der Waals surface area contributed by atoms with Gasteiger partial charge in [-0.25, -0.2) is 8.42 Å². The zero-order chi connectivity index (χ0) is 14.6. The maximum Gasteiger partial charge on any atom is 0.211 e. The molecule has 1 saturated carbocycles. The molecule has 0 saturated heterocycles. The summed E-state index contributed by atoms with van der Waals surface area (Å²) in [6, 6.07) is 0. The molecule has 0 bridgehead atoms. The van der Waals surface area contributed by atoms with Crippen molar-refractivity contribution in [2.24, 2.45) is 16.7 Å². The number of hydrogen-bond acceptors (Lipinski definition) is 2. The van der Waals surface area contributed by atoms with Gasteiger partial charge >= 0.3 is 0 Å². The highest BCUT2D eigenvalue weighted by Gasteiger charge is 2.57. The Morgan fingerprint density at radius 2 is 1.43 bits per heavy atom. The molecule has 0 spiro atoms. The summed E-state index contributed by atoms with van der Waals surface area (Å²) >= 11 is 0. The van der Waals surface area contributed by atoms with E-state index in [-0.39, 0.29) is 38.6 Å². The van der Waals surface area contributed by atoms with Crippen LogP contribution in [0, 0.1) is 16.7 Å². The molecule has 0 N–H and O–H groups in total. The Hall–Kier alpha value is -0.0900. The van der Waals surface area contributed by atoms with E-state index in [1.807, 2.05) is 20.8 Å². The molecule has 1 fully saturated rings. The Labute approximate surface area is 135 Å². The third-order valence-electron chi connectivity index (χ3n) is 4.05. The first-order valence-electron chi connectivity index (χ1n) is 6.66. The van der Waals surface area contributed by atoms with Gasteiger partial charge in [-0.3, -0.25) is 0 Å². The third kappa shape index (κ3) is 6.27. The molecule has 21 heavy (non-hydrogen) atoms. The second kappa shape index (κ2) is 6.99. The van der Waals surface area contributed by atoms with Crippen molar-refractivity contribution in [1.82, 2.24) is 4.31 Å². The van der Waals surface area contributed by atoms with E-state index in [0.29, 0.717) is 12.5 Å². The summed E-state index contributed by atoms with van der Waals surface area (Å²) < 4.78 is 25.6. The Kier molecular flexibility index (Phi) is 8.60. The fourth-order valence-corrected chi connectivity index (χ4v) is 4.64. The summed E-state index contributed by atoms with van der Waals surface area (Å²) in [5.74, 6) is 0.608. The average molecular weight is 324 g/mol. The normalized spacial score (nSPS) is 25.5. The molecule has 0 heterocycles. The van der Waals surface area contributed by atoms with Gasteiger partial charge in [-0.15, -0.1) is 0 Å². The number of hydrogen-bond donors (Lipinski definition) is 0. The minimum Gasteiger partial charge on any atom is -0.212 e. The maximum absolute atomic E-state index is 12.0. The monoisotopic (exact) mass is 323 g/mol. The van der Waals surface area contributed by atoms with Crippen molar-refractivity contribution < 1.29 is 8.42 Å². The average Bonchev–Trinajstić information content (AvgIpc) is 2.70. The molecule has 0 amide bonds. The van der Waals surface area contributed by atoms with E-state index in [1.165, 1.54) is 6.26 Å². The summed E-state index contributed by atoms with van der Waals surface area (Å²) in [6.07, 6.45) is 2.44. The largest absolute Gasteiger partial charge is 0.212 e. The smallest absolute Gasteiger partial charge is 0.211 e. The minimum atomic E-state index is -3.15. The minimum absolute atomic E-state index is 0. The molecule has 1 rings (SSSR count). The highest BCUT2D eigenvalue weighted by Crippen LogP contribution is 2.61. The molecule has 0 aliphatic heterocycles. The van der Waals surface area contributed by atoms with Gasteiger partial charge in [0.25, 0.3) is 0 Å². The van der Waals surface area contributed by atoms with E-state index in [1.54, 1.807) is 4.31 Å². The standard InChI is InChI=1S/C14H29NO2S.3CH4/c1-12(2,3)11-9-14(11,7)10-15(13(4,5)6)18(8,16)17;;;/h11H,9-10H2,1-8H3;3*1H4. The highest BCUT2D eigenvalue weighted by molar-refractivity contribution is 7.88. The van der Waals surface area contributed by atoms with Crippen LogP contribution in [0.15, 0.2) is 0 Å². The summed E-state index contributed by atoms with van der Waals surface area (Å²) in [6.45, 7) is 15.5. The summed E-state index contributed by atoms with van der Waals surface area (Å²) in [5.41, 5.74) is 0.0477. The SMILES string of the molecule is C.C.C.CC(C)(C)C1CC1(C)CN(C(C)(C)C)S(C)(=O)=O. The molecule has 132 valence electrons. The Balaban J connectivity index is -0.00000108. The second-order valence-corrected chi connectivity index (χ2v) is 10.1. The first kappa shape index (κ1) is 25.8. The van der Waals surface area contributed by atoms with Crippen LogP contribution in [-0.2, 0) is 10.0 Å². The van der Waals surface area contributed by atoms with Crippen molar-refractivity contribution in [2.75, 3.05) is 12.8 Å². The van der Waals surface area contributed by atoms with Crippen LogP contribution in [0.4, 0.5) is 0 Å². The molecule has 1 aliphatic carbocycles. The van der Waals surface area contributed by atoms with E-state index < -0.39 is 10.0 Å². The predicted octanol–water partition coefficient (Wildman–Crippen LogP) is 5.03. The van der Waals surface area contributed by atoms with Gasteiger partial charge in [-0.05, 0) is 43.9 Å². The first-order chi connectivity index (χ1) is 7.68. The molecule has 2 atom stereocenters. The fourth-order valence-electron chi connectivity index (χ4n) is 3.11. The van der Waals surface area contributed by atoms with Gasteiger partial charge in [0.1, 0.15) is 0 Å². The molecular formula is C17H41NO2S. The van der Waals surface area contributed by atoms with Crippen LogP contribution in [0.25, 0.3) is 0 Å². The van der Waals surface area contributed by atoms with Crippen LogP contribution < -0.4 is 0 Å². The van der Waals surface area contributed by atoms with Crippen LogP contribution in [-0.4, -0.2) is 31.1 Å². The highest BCUT2D eigenvalue weighted by atomic mass is 32.2. The van der Waals surface area contributed by atoms with E-state index in [2.05, 4.69) is 27.7 Å².